The molecule has 0 aliphatic rings. The van der Waals surface area contributed by atoms with E-state index in [0.29, 0.717) is 6.61 Å². The molecule has 0 fully saturated rings. The zero-order valence-corrected chi connectivity index (χ0v) is 10.3. The monoisotopic (exact) mass is 248 g/mol. The number of unbranched alkanes of at least 4 members (excludes halogenated alkanes) is 4. The van der Waals surface area contributed by atoms with E-state index in [9.17, 15) is 0 Å². The zero-order valence-electron chi connectivity index (χ0n) is 7.03. The minimum Gasteiger partial charge on any atom is -0.396 e. The molecule has 12 heavy (non-hydrogen) atoms. The standard InChI is InChI=1S/C7H15Cl3OSi/c8-12(9,10)7-5-3-1-2-4-6-11/h11H,1-7H2. The van der Waals surface area contributed by atoms with Gasteiger partial charge in [-0.05, 0) is 12.5 Å². The van der Waals surface area contributed by atoms with E-state index >= 15 is 0 Å². The fourth-order valence-electron chi connectivity index (χ4n) is 0.968. The fourth-order valence-corrected chi connectivity index (χ4v) is 2.82. The van der Waals surface area contributed by atoms with E-state index in [1.54, 1.807) is 0 Å². The zero-order chi connectivity index (χ0) is 9.45. The maximum Gasteiger partial charge on any atom is 0.341 e. The van der Waals surface area contributed by atoms with Crippen LogP contribution in [0.1, 0.15) is 32.1 Å². The maximum absolute atomic E-state index is 8.50. The lowest BCUT2D eigenvalue weighted by atomic mass is 10.2. The molecule has 74 valence electrons. The summed E-state index contributed by atoms with van der Waals surface area (Å²) in [6.07, 6.45) is 5.23. The minimum absolute atomic E-state index is 0.291. The Morgan fingerprint density at radius 1 is 0.833 bits per heavy atom. The molecule has 0 aliphatic heterocycles. The summed E-state index contributed by atoms with van der Waals surface area (Å²) in [6.45, 7) is 0.291. The summed E-state index contributed by atoms with van der Waals surface area (Å²) in [5, 5.41) is 8.50. The van der Waals surface area contributed by atoms with Crippen LogP contribution in [0.2, 0.25) is 6.04 Å². The average molecular weight is 250 g/mol. The Balaban J connectivity index is 3.01. The summed E-state index contributed by atoms with van der Waals surface area (Å²) in [6, 6.07) is -1.60. The third kappa shape index (κ3) is 11.0. The lowest BCUT2D eigenvalue weighted by molar-refractivity contribution is 0.282. The van der Waals surface area contributed by atoms with Gasteiger partial charge in [-0.15, -0.1) is 33.2 Å². The first kappa shape index (κ1) is 13.0. The molecule has 0 aromatic rings. The predicted octanol–water partition coefficient (Wildman–Crippen LogP) is 3.58. The summed E-state index contributed by atoms with van der Waals surface area (Å²) in [5.41, 5.74) is 0. The highest BCUT2D eigenvalue weighted by molar-refractivity contribution is 7.64. The summed E-state index contributed by atoms with van der Waals surface area (Å²) in [5.74, 6) is 0. The molecule has 0 aromatic carbocycles. The Morgan fingerprint density at radius 3 is 1.83 bits per heavy atom. The second kappa shape index (κ2) is 7.45. The van der Waals surface area contributed by atoms with Crippen LogP contribution in [0.5, 0.6) is 0 Å². The minimum atomic E-state index is -2.36. The summed E-state index contributed by atoms with van der Waals surface area (Å²) < 4.78 is 0. The highest BCUT2D eigenvalue weighted by atomic mass is 35.8. The molecule has 1 N–H and O–H groups in total. The van der Waals surface area contributed by atoms with Crippen LogP contribution in [0, 0.1) is 0 Å². The quantitative estimate of drug-likeness (QED) is 0.415. The van der Waals surface area contributed by atoms with Crippen LogP contribution in [-0.2, 0) is 0 Å². The van der Waals surface area contributed by atoms with E-state index < -0.39 is 6.00 Å². The van der Waals surface area contributed by atoms with Crippen molar-refractivity contribution in [1.29, 1.82) is 0 Å². The van der Waals surface area contributed by atoms with Gasteiger partial charge in [0, 0.05) is 6.61 Å². The molecule has 0 saturated carbocycles. The van der Waals surface area contributed by atoms with Gasteiger partial charge in [-0.3, -0.25) is 0 Å². The SMILES string of the molecule is OCCCCCCC[Si](Cl)(Cl)Cl. The number of aliphatic hydroxyl groups excluding tert-OH is 1. The fraction of sp³-hybridized carbons (Fsp3) is 1.00. The summed E-state index contributed by atoms with van der Waals surface area (Å²) in [7, 11) is 0. The van der Waals surface area contributed by atoms with Crippen molar-refractivity contribution in [3.05, 3.63) is 0 Å². The third-order valence-electron chi connectivity index (χ3n) is 1.62. The van der Waals surface area contributed by atoms with Crippen molar-refractivity contribution in [2.45, 2.75) is 38.1 Å². The Labute approximate surface area is 89.1 Å². The number of hydrogen-bond acceptors (Lipinski definition) is 1. The molecule has 0 aliphatic carbocycles. The number of halogens is 3. The van der Waals surface area contributed by atoms with Gasteiger partial charge >= 0.3 is 6.00 Å². The topological polar surface area (TPSA) is 20.2 Å². The molecule has 0 aromatic heterocycles. The van der Waals surface area contributed by atoms with Crippen molar-refractivity contribution >= 4 is 39.2 Å². The van der Waals surface area contributed by atoms with Crippen LogP contribution >= 0.6 is 33.2 Å². The van der Waals surface area contributed by atoms with Crippen LogP contribution in [0.25, 0.3) is 0 Å². The Kier molecular flexibility index (Phi) is 8.10. The summed E-state index contributed by atoms with van der Waals surface area (Å²) >= 11 is 17.1. The second-order valence-electron chi connectivity index (χ2n) is 2.86. The van der Waals surface area contributed by atoms with Gasteiger partial charge in [0.15, 0.2) is 0 Å². The van der Waals surface area contributed by atoms with Gasteiger partial charge < -0.3 is 5.11 Å². The molecule has 1 nitrogen and oxygen atoms in total. The molecule has 0 spiro atoms. The van der Waals surface area contributed by atoms with E-state index in [4.69, 9.17) is 38.3 Å². The van der Waals surface area contributed by atoms with Crippen molar-refractivity contribution in [3.63, 3.8) is 0 Å². The second-order valence-corrected chi connectivity index (χ2v) is 12.1. The largest absolute Gasteiger partial charge is 0.396 e. The third-order valence-corrected chi connectivity index (χ3v) is 4.24. The van der Waals surface area contributed by atoms with Gasteiger partial charge in [0.05, 0.1) is 0 Å². The molecular formula is C7H15Cl3OSi. The van der Waals surface area contributed by atoms with Crippen LogP contribution < -0.4 is 0 Å². The molecule has 0 atom stereocenters. The van der Waals surface area contributed by atoms with Gasteiger partial charge in [0.1, 0.15) is 0 Å². The van der Waals surface area contributed by atoms with Gasteiger partial charge in [0.2, 0.25) is 0 Å². The van der Waals surface area contributed by atoms with Crippen LogP contribution in [-0.4, -0.2) is 17.7 Å². The smallest absolute Gasteiger partial charge is 0.341 e. The van der Waals surface area contributed by atoms with Crippen molar-refractivity contribution in [3.8, 4) is 0 Å². The van der Waals surface area contributed by atoms with Crippen LogP contribution in [0.3, 0.4) is 0 Å². The normalized spacial score (nSPS) is 12.0. The maximum atomic E-state index is 8.50. The van der Waals surface area contributed by atoms with Crippen molar-refractivity contribution < 1.29 is 5.11 Å². The predicted molar refractivity (Wildman–Crippen MR) is 58.3 cm³/mol. The van der Waals surface area contributed by atoms with Gasteiger partial charge in [-0.25, -0.2) is 0 Å². The Hall–Kier alpha value is 1.05. The number of hydrogen-bond donors (Lipinski definition) is 1. The van der Waals surface area contributed by atoms with Gasteiger partial charge in [-0.1, -0.05) is 25.7 Å². The molecule has 5 heteroatoms. The number of aliphatic hydroxyl groups is 1. The molecule has 0 radical (unpaired) electrons. The highest BCUT2D eigenvalue weighted by Gasteiger charge is 2.23. The van der Waals surface area contributed by atoms with Crippen molar-refractivity contribution in [1.82, 2.24) is 0 Å². The first-order valence-electron chi connectivity index (χ1n) is 4.24. The lowest BCUT2D eigenvalue weighted by Crippen LogP contribution is -2.07. The first-order valence-corrected chi connectivity index (χ1v) is 9.48. The van der Waals surface area contributed by atoms with Crippen LogP contribution in [0.4, 0.5) is 0 Å². The summed E-state index contributed by atoms with van der Waals surface area (Å²) in [4.78, 5) is 0. The molecule has 0 unspecified atom stereocenters. The average Bonchev–Trinajstić information content (AvgIpc) is 1.94. The van der Waals surface area contributed by atoms with Crippen LogP contribution in [0.15, 0.2) is 0 Å². The van der Waals surface area contributed by atoms with E-state index in [-0.39, 0.29) is 0 Å². The molecule has 0 saturated heterocycles. The van der Waals surface area contributed by atoms with E-state index in [2.05, 4.69) is 0 Å². The molecule has 0 amide bonds. The van der Waals surface area contributed by atoms with E-state index in [0.717, 1.165) is 38.1 Å². The molecule has 0 rings (SSSR count). The van der Waals surface area contributed by atoms with E-state index in [1.807, 2.05) is 0 Å². The highest BCUT2D eigenvalue weighted by Crippen LogP contribution is 2.27. The van der Waals surface area contributed by atoms with Crippen molar-refractivity contribution in [2.24, 2.45) is 0 Å². The lowest BCUT2D eigenvalue weighted by Gasteiger charge is -2.06. The first-order chi connectivity index (χ1) is 5.56. The van der Waals surface area contributed by atoms with E-state index in [1.165, 1.54) is 0 Å². The molecular weight excluding hydrogens is 235 g/mol. The Bertz CT molecular complexity index is 105. The number of rotatable bonds is 7. The van der Waals surface area contributed by atoms with Gasteiger partial charge in [0.25, 0.3) is 0 Å². The van der Waals surface area contributed by atoms with Crippen molar-refractivity contribution in [2.75, 3.05) is 6.61 Å². The Morgan fingerprint density at radius 2 is 1.33 bits per heavy atom. The van der Waals surface area contributed by atoms with Gasteiger partial charge in [-0.2, -0.15) is 0 Å². The molecule has 0 bridgehead atoms. The molecule has 0 heterocycles.